The number of nitrogens with zero attached hydrogens (tertiary/aromatic N) is 5. The average molecular weight is 1040 g/mol. The molecule has 0 N–H and O–H groups in total. The minimum atomic E-state index is -3.55. The van der Waals surface area contributed by atoms with Crippen LogP contribution in [0.25, 0.3) is 0 Å². The van der Waals surface area contributed by atoms with Gasteiger partial charge in [0.2, 0.25) is 0 Å². The Hall–Kier alpha value is -4.02. The molecule has 0 aromatic heterocycles. The van der Waals surface area contributed by atoms with Crippen molar-refractivity contribution in [2.45, 2.75) is 102 Å². The largest absolute Gasteiger partial charge is 0.409 e. The van der Waals surface area contributed by atoms with Crippen molar-refractivity contribution >= 4 is 97.2 Å². The van der Waals surface area contributed by atoms with Crippen molar-refractivity contribution in [1.82, 2.24) is 0 Å². The second-order valence-electron chi connectivity index (χ2n) is 18.8. The third-order valence-electron chi connectivity index (χ3n) is 14.5. The van der Waals surface area contributed by atoms with Crippen molar-refractivity contribution in [2.24, 2.45) is 0 Å². The molecule has 380 valence electrons. The maximum atomic E-state index is 8.06. The van der Waals surface area contributed by atoms with Crippen molar-refractivity contribution < 1.29 is 20.6 Å². The number of hydrogen-bond acceptors (Lipinski definition) is 10. The summed E-state index contributed by atoms with van der Waals surface area (Å²) in [5, 5.41) is 5.18. The van der Waals surface area contributed by atoms with Gasteiger partial charge in [0, 0.05) is 93.9 Å². The summed E-state index contributed by atoms with van der Waals surface area (Å²) in [4.78, 5) is 11.9. The van der Waals surface area contributed by atoms with Gasteiger partial charge >= 0.3 is 42.8 Å². The molecule has 15 heteroatoms. The lowest BCUT2D eigenvalue weighted by Gasteiger charge is -2.50. The highest BCUT2D eigenvalue weighted by Crippen LogP contribution is 2.34. The van der Waals surface area contributed by atoms with E-state index in [0.29, 0.717) is 0 Å². The number of rotatable bonds is 20. The third kappa shape index (κ3) is 11.9. The minimum Gasteiger partial charge on any atom is -0.409 e. The molecule has 6 rings (SSSR count). The van der Waals surface area contributed by atoms with E-state index >= 15 is 0 Å². The predicted molar refractivity (Wildman–Crippen MR) is 312 cm³/mol. The first kappa shape index (κ1) is 55.3. The Morgan fingerprint density at radius 3 is 0.443 bits per heavy atom. The molecule has 5 aromatic rings. The Kier molecular flexibility index (Phi) is 18.7. The van der Waals surface area contributed by atoms with E-state index in [0.717, 1.165) is 91.4 Å². The molecular formula is C55H85N5O5Si5. The van der Waals surface area contributed by atoms with Gasteiger partial charge in [-0.15, -0.1) is 0 Å². The summed E-state index contributed by atoms with van der Waals surface area (Å²) in [6.07, 6.45) is 0. The van der Waals surface area contributed by atoms with Gasteiger partial charge < -0.3 is 45.1 Å². The van der Waals surface area contributed by atoms with Crippen LogP contribution in [-0.4, -0.2) is 108 Å². The third-order valence-corrected chi connectivity index (χ3v) is 37.0. The number of benzene rings is 5. The first-order valence-corrected chi connectivity index (χ1v) is 37.8. The Labute approximate surface area is 428 Å². The molecule has 1 heterocycles. The second kappa shape index (κ2) is 23.7. The van der Waals surface area contributed by atoms with Crippen molar-refractivity contribution in [2.75, 3.05) is 89.9 Å². The fourth-order valence-electron chi connectivity index (χ4n) is 10.4. The smallest absolute Gasteiger partial charge is 0.352 e. The lowest BCUT2D eigenvalue weighted by atomic mass is 10.3. The highest BCUT2D eigenvalue weighted by molar-refractivity contribution is 7.05. The highest BCUT2D eigenvalue weighted by Gasteiger charge is 2.60. The summed E-state index contributed by atoms with van der Waals surface area (Å²) < 4.78 is 40.3. The van der Waals surface area contributed by atoms with E-state index in [-0.39, 0.29) is 0 Å². The van der Waals surface area contributed by atoms with Crippen molar-refractivity contribution in [3.8, 4) is 0 Å². The van der Waals surface area contributed by atoms with E-state index in [9.17, 15) is 0 Å². The Balaban J connectivity index is 1.69. The maximum absolute atomic E-state index is 8.06. The van der Waals surface area contributed by atoms with E-state index in [1.807, 2.05) is 0 Å². The summed E-state index contributed by atoms with van der Waals surface area (Å²) >= 11 is 0. The average Bonchev–Trinajstić information content (AvgIpc) is 3.36. The van der Waals surface area contributed by atoms with Crippen LogP contribution in [0.4, 0.5) is 28.4 Å². The quantitative estimate of drug-likeness (QED) is 0.0706. The van der Waals surface area contributed by atoms with E-state index in [1.165, 1.54) is 28.4 Å². The minimum absolute atomic E-state index is 0.917. The summed E-state index contributed by atoms with van der Waals surface area (Å²) in [6.45, 7) is 42.4. The molecule has 5 aromatic carbocycles. The van der Waals surface area contributed by atoms with Gasteiger partial charge in [0.1, 0.15) is 0 Å². The van der Waals surface area contributed by atoms with Gasteiger partial charge in [-0.25, -0.2) is 0 Å². The van der Waals surface area contributed by atoms with Crippen molar-refractivity contribution in [1.29, 1.82) is 0 Å². The lowest BCUT2D eigenvalue weighted by molar-refractivity contribution is 0.254. The van der Waals surface area contributed by atoms with Gasteiger partial charge in [0.15, 0.2) is 0 Å². The summed E-state index contributed by atoms with van der Waals surface area (Å²) in [5.41, 5.74) is 5.87. The molecule has 0 saturated carbocycles. The SMILES string of the molecule is CCN(CC)c1ccc([Si]2(C)O[Si](C)(c3ccc(N(CC)CC)cc3)O[Si](C)(c3ccc(N(CC)CC)cc3)O[Si](C)(c3ccc(N(CC)CC)cc3)O[Si](C)(c3ccc(N(CC)CC)cc3)O2)cc1. The summed E-state index contributed by atoms with van der Waals surface area (Å²) in [7, 11) is -17.7. The molecule has 0 spiro atoms. The molecule has 1 aliphatic heterocycles. The van der Waals surface area contributed by atoms with Crippen molar-refractivity contribution in [3.05, 3.63) is 121 Å². The molecule has 0 atom stereocenters. The zero-order valence-corrected chi connectivity index (χ0v) is 50.4. The van der Waals surface area contributed by atoms with Gasteiger partial charge in [-0.2, -0.15) is 0 Å². The van der Waals surface area contributed by atoms with Crippen LogP contribution < -0.4 is 50.4 Å². The predicted octanol–water partition coefficient (Wildman–Crippen LogP) is 9.21. The van der Waals surface area contributed by atoms with E-state index < -0.39 is 42.8 Å². The van der Waals surface area contributed by atoms with E-state index in [4.69, 9.17) is 20.6 Å². The van der Waals surface area contributed by atoms with Crippen LogP contribution in [-0.2, 0) is 20.6 Å². The summed E-state index contributed by atoms with van der Waals surface area (Å²) in [6, 6.07) is 44.8. The molecule has 0 radical (unpaired) electrons. The van der Waals surface area contributed by atoms with Crippen LogP contribution in [0.15, 0.2) is 121 Å². The Morgan fingerprint density at radius 1 is 0.229 bits per heavy atom. The zero-order valence-electron chi connectivity index (χ0n) is 45.4. The topological polar surface area (TPSA) is 62.3 Å². The first-order chi connectivity index (χ1) is 33.5. The van der Waals surface area contributed by atoms with Crippen LogP contribution in [0, 0.1) is 0 Å². The number of hydrogen-bond donors (Lipinski definition) is 0. The van der Waals surface area contributed by atoms with Gasteiger partial charge in [-0.3, -0.25) is 0 Å². The van der Waals surface area contributed by atoms with Gasteiger partial charge in [0.25, 0.3) is 0 Å². The monoisotopic (exact) mass is 1040 g/mol. The summed E-state index contributed by atoms with van der Waals surface area (Å²) in [5.74, 6) is 0. The van der Waals surface area contributed by atoms with Crippen LogP contribution in [0.3, 0.4) is 0 Å². The fourth-order valence-corrected chi connectivity index (χ4v) is 36.5. The molecule has 10 nitrogen and oxygen atoms in total. The first-order valence-electron chi connectivity index (χ1n) is 26.2. The molecule has 1 fully saturated rings. The fraction of sp³-hybridized carbons (Fsp3) is 0.455. The van der Waals surface area contributed by atoms with Crippen LogP contribution in [0.2, 0.25) is 32.7 Å². The Bertz CT molecular complexity index is 1970. The van der Waals surface area contributed by atoms with Gasteiger partial charge in [0.05, 0.1) is 0 Å². The van der Waals surface area contributed by atoms with Crippen LogP contribution in [0.1, 0.15) is 69.2 Å². The zero-order chi connectivity index (χ0) is 50.9. The molecule has 0 aliphatic carbocycles. The standard InChI is InChI=1S/C55H85N5O5Si5/c1-16-56(17-2)46-26-36-51(37-27-46)66(11)61-67(12,52-38-28-47(29-39-52)57(18-3)19-4)63-69(14,54-42-32-49(33-43-54)59(22-7)23-8)65-70(15,55-44-34-50(35-45-55)60(24-9)25-10)64-68(13,62-66)53-40-30-48(31-41-53)58(20-5)21-6/h26-45H,16-25H2,1-15H3. The van der Waals surface area contributed by atoms with Crippen LogP contribution in [0.5, 0.6) is 0 Å². The van der Waals surface area contributed by atoms with Gasteiger partial charge in [-0.05, 0) is 189 Å². The molecule has 0 bridgehead atoms. The van der Waals surface area contributed by atoms with Crippen LogP contribution >= 0.6 is 0 Å². The molecule has 0 amide bonds. The number of anilines is 5. The normalized spacial score (nSPS) is 23.9. The van der Waals surface area contributed by atoms with Gasteiger partial charge in [-0.1, -0.05) is 60.7 Å². The maximum Gasteiger partial charge on any atom is 0.352 e. The lowest BCUT2D eigenvalue weighted by Crippen LogP contribution is -2.77. The molecule has 70 heavy (non-hydrogen) atoms. The molecule has 0 unspecified atom stereocenters. The highest BCUT2D eigenvalue weighted by atomic mass is 28.5. The van der Waals surface area contributed by atoms with Crippen molar-refractivity contribution in [3.63, 3.8) is 0 Å². The van der Waals surface area contributed by atoms with E-state index in [2.05, 4.69) is 248 Å². The molecular weight excluding hydrogens is 951 g/mol. The Morgan fingerprint density at radius 2 is 0.343 bits per heavy atom. The molecule has 1 saturated heterocycles. The molecule has 1 aliphatic rings. The van der Waals surface area contributed by atoms with E-state index in [1.54, 1.807) is 0 Å². The second-order valence-corrected chi connectivity index (χ2v) is 35.3.